The third-order valence-corrected chi connectivity index (χ3v) is 5.39. The first-order valence-corrected chi connectivity index (χ1v) is 8.12. The van der Waals surface area contributed by atoms with Gasteiger partial charge in [0.05, 0.1) is 0 Å². The van der Waals surface area contributed by atoms with Gasteiger partial charge < -0.3 is 5.32 Å². The summed E-state index contributed by atoms with van der Waals surface area (Å²) in [7, 11) is 0. The van der Waals surface area contributed by atoms with Gasteiger partial charge in [-0.1, -0.05) is 17.7 Å². The molecule has 3 rings (SSSR count). The molecule has 1 heterocycles. The lowest BCUT2D eigenvalue weighted by Gasteiger charge is -2.51. The van der Waals surface area contributed by atoms with Crippen LogP contribution in [0.3, 0.4) is 0 Å². The lowest BCUT2D eigenvalue weighted by Crippen LogP contribution is -2.67. The van der Waals surface area contributed by atoms with Crippen LogP contribution < -0.4 is 5.32 Å². The molecule has 0 amide bonds. The summed E-state index contributed by atoms with van der Waals surface area (Å²) in [5.74, 6) is 0.566. The molecule has 1 aliphatic heterocycles. The molecule has 1 aliphatic carbocycles. The molecule has 21 heavy (non-hydrogen) atoms. The minimum Gasteiger partial charge on any atom is -0.308 e. The summed E-state index contributed by atoms with van der Waals surface area (Å²) in [6, 6.07) is 4.99. The van der Waals surface area contributed by atoms with E-state index in [1.54, 1.807) is 6.07 Å². The van der Waals surface area contributed by atoms with E-state index in [-0.39, 0.29) is 16.9 Å². The summed E-state index contributed by atoms with van der Waals surface area (Å²) in [6.45, 7) is 9.30. The number of rotatable bonds is 3. The maximum absolute atomic E-state index is 14.1. The molecule has 0 radical (unpaired) electrons. The van der Waals surface area contributed by atoms with E-state index in [0.29, 0.717) is 11.6 Å². The van der Waals surface area contributed by atoms with Crippen LogP contribution >= 0.6 is 11.6 Å². The molecule has 1 N–H and O–H groups in total. The average Bonchev–Trinajstić information content (AvgIpc) is 3.22. The van der Waals surface area contributed by atoms with Crippen LogP contribution in [-0.4, -0.2) is 29.1 Å². The van der Waals surface area contributed by atoms with E-state index in [1.165, 1.54) is 18.9 Å². The van der Waals surface area contributed by atoms with Crippen LogP contribution in [0.1, 0.15) is 39.2 Å². The van der Waals surface area contributed by atoms with Crippen molar-refractivity contribution < 1.29 is 4.39 Å². The topological polar surface area (TPSA) is 15.3 Å². The van der Waals surface area contributed by atoms with Gasteiger partial charge in [0.1, 0.15) is 5.82 Å². The molecule has 2 aliphatic rings. The SMILES string of the molecule is CC1(C2CC2)CN(Cc2ccc(Cl)cc2F)C(C)(C)CN1. The van der Waals surface area contributed by atoms with E-state index in [2.05, 4.69) is 31.0 Å². The lowest BCUT2D eigenvalue weighted by atomic mass is 9.86. The van der Waals surface area contributed by atoms with Gasteiger partial charge >= 0.3 is 0 Å². The van der Waals surface area contributed by atoms with Crippen LogP contribution in [0.4, 0.5) is 4.39 Å². The summed E-state index contributed by atoms with van der Waals surface area (Å²) in [5.41, 5.74) is 0.923. The first kappa shape index (κ1) is 15.3. The summed E-state index contributed by atoms with van der Waals surface area (Å²) in [5, 5.41) is 4.19. The number of hydrogen-bond donors (Lipinski definition) is 1. The van der Waals surface area contributed by atoms with Crippen molar-refractivity contribution in [3.63, 3.8) is 0 Å². The van der Waals surface area contributed by atoms with E-state index in [1.807, 2.05) is 6.07 Å². The summed E-state index contributed by atoms with van der Waals surface area (Å²) < 4.78 is 14.1. The average molecular weight is 311 g/mol. The van der Waals surface area contributed by atoms with Crippen molar-refractivity contribution >= 4 is 11.6 Å². The second-order valence-corrected chi connectivity index (χ2v) is 7.89. The Kier molecular flexibility index (Phi) is 3.79. The monoisotopic (exact) mass is 310 g/mol. The Hall–Kier alpha value is -0.640. The van der Waals surface area contributed by atoms with Gasteiger partial charge in [-0.15, -0.1) is 0 Å². The first-order valence-electron chi connectivity index (χ1n) is 7.74. The van der Waals surface area contributed by atoms with Crippen LogP contribution in [-0.2, 0) is 6.54 Å². The minimum absolute atomic E-state index is 0.0283. The van der Waals surface area contributed by atoms with Gasteiger partial charge in [0.25, 0.3) is 0 Å². The van der Waals surface area contributed by atoms with E-state index in [0.717, 1.165) is 24.6 Å². The van der Waals surface area contributed by atoms with Gasteiger partial charge in [-0.05, 0) is 51.7 Å². The molecule has 4 heteroatoms. The normalized spacial score (nSPS) is 29.6. The van der Waals surface area contributed by atoms with E-state index in [4.69, 9.17) is 11.6 Å². The lowest BCUT2D eigenvalue weighted by molar-refractivity contribution is 0.0171. The molecule has 1 atom stereocenters. The standard InChI is InChI=1S/C17H24ClFN2/c1-16(2)10-20-17(3,13-5-6-13)11-21(16)9-12-4-7-14(18)8-15(12)19/h4,7-8,13,20H,5-6,9-11H2,1-3H3. The molecule has 1 aromatic carbocycles. The summed E-state index contributed by atoms with van der Waals surface area (Å²) >= 11 is 5.85. The zero-order valence-corrected chi connectivity index (χ0v) is 13.8. The highest BCUT2D eigenvalue weighted by Crippen LogP contribution is 2.42. The molecule has 1 saturated heterocycles. The van der Waals surface area contributed by atoms with Crippen molar-refractivity contribution in [2.45, 2.75) is 51.2 Å². The molecule has 2 nitrogen and oxygen atoms in total. The van der Waals surface area contributed by atoms with Crippen molar-refractivity contribution in [1.82, 2.24) is 10.2 Å². The molecule has 116 valence electrons. The van der Waals surface area contributed by atoms with Crippen LogP contribution in [0, 0.1) is 11.7 Å². The van der Waals surface area contributed by atoms with Crippen LogP contribution in [0.15, 0.2) is 18.2 Å². The predicted octanol–water partition coefficient (Wildman–Crippen LogP) is 3.83. The molecule has 1 aromatic rings. The fourth-order valence-electron chi connectivity index (χ4n) is 3.32. The van der Waals surface area contributed by atoms with Gasteiger partial charge in [-0.25, -0.2) is 4.39 Å². The Labute approximate surface area is 131 Å². The molecule has 1 saturated carbocycles. The Morgan fingerprint density at radius 2 is 2.05 bits per heavy atom. The highest BCUT2D eigenvalue weighted by Gasteiger charge is 2.48. The Balaban J connectivity index is 1.80. The molecule has 2 fully saturated rings. The van der Waals surface area contributed by atoms with Crippen molar-refractivity contribution in [3.8, 4) is 0 Å². The van der Waals surface area contributed by atoms with Crippen LogP contribution in [0.25, 0.3) is 0 Å². The van der Waals surface area contributed by atoms with Gasteiger partial charge in [0.15, 0.2) is 0 Å². The Bertz CT molecular complexity index is 542. The zero-order valence-electron chi connectivity index (χ0n) is 13.0. The number of piperazine rings is 1. The molecular formula is C17H24ClFN2. The number of halogens is 2. The minimum atomic E-state index is -0.204. The van der Waals surface area contributed by atoms with Crippen molar-refractivity contribution in [3.05, 3.63) is 34.6 Å². The maximum Gasteiger partial charge on any atom is 0.129 e. The number of benzene rings is 1. The third-order valence-electron chi connectivity index (χ3n) is 5.15. The van der Waals surface area contributed by atoms with Gasteiger partial charge in [0.2, 0.25) is 0 Å². The fraction of sp³-hybridized carbons (Fsp3) is 0.647. The number of hydrogen-bond acceptors (Lipinski definition) is 2. The van der Waals surface area contributed by atoms with Gasteiger partial charge in [-0.3, -0.25) is 4.90 Å². The molecule has 1 unspecified atom stereocenters. The Morgan fingerprint density at radius 3 is 2.67 bits per heavy atom. The maximum atomic E-state index is 14.1. The predicted molar refractivity (Wildman–Crippen MR) is 85.0 cm³/mol. The highest BCUT2D eigenvalue weighted by atomic mass is 35.5. The van der Waals surface area contributed by atoms with E-state index >= 15 is 0 Å². The second-order valence-electron chi connectivity index (χ2n) is 7.45. The smallest absolute Gasteiger partial charge is 0.129 e. The third kappa shape index (κ3) is 3.10. The number of nitrogens with zero attached hydrogens (tertiary/aromatic N) is 1. The molecule has 0 aromatic heterocycles. The first-order chi connectivity index (χ1) is 9.80. The van der Waals surface area contributed by atoms with Gasteiger partial charge in [-0.2, -0.15) is 0 Å². The fourth-order valence-corrected chi connectivity index (χ4v) is 3.47. The Morgan fingerprint density at radius 1 is 1.33 bits per heavy atom. The van der Waals surface area contributed by atoms with E-state index < -0.39 is 0 Å². The van der Waals surface area contributed by atoms with Crippen molar-refractivity contribution in [2.75, 3.05) is 13.1 Å². The van der Waals surface area contributed by atoms with Crippen molar-refractivity contribution in [2.24, 2.45) is 5.92 Å². The van der Waals surface area contributed by atoms with Crippen LogP contribution in [0.2, 0.25) is 5.02 Å². The van der Waals surface area contributed by atoms with Crippen molar-refractivity contribution in [1.29, 1.82) is 0 Å². The molecule has 0 spiro atoms. The summed E-state index contributed by atoms with van der Waals surface area (Å²) in [6.07, 6.45) is 2.63. The van der Waals surface area contributed by atoms with Crippen LogP contribution in [0.5, 0.6) is 0 Å². The van der Waals surface area contributed by atoms with E-state index in [9.17, 15) is 4.39 Å². The quantitative estimate of drug-likeness (QED) is 0.912. The number of nitrogens with one attached hydrogen (secondary N) is 1. The summed E-state index contributed by atoms with van der Waals surface area (Å²) in [4.78, 5) is 2.41. The molecular weight excluding hydrogens is 287 g/mol. The second kappa shape index (κ2) is 5.22. The van der Waals surface area contributed by atoms with Gasteiger partial charge in [0, 0.05) is 41.3 Å². The zero-order chi connectivity index (χ0) is 15.3. The molecule has 0 bridgehead atoms. The highest BCUT2D eigenvalue weighted by molar-refractivity contribution is 6.30. The largest absolute Gasteiger partial charge is 0.308 e.